The van der Waals surface area contributed by atoms with Gasteiger partial charge in [-0.25, -0.2) is 4.79 Å². The highest BCUT2D eigenvalue weighted by molar-refractivity contribution is 6.15. The maximum atomic E-state index is 11.6. The van der Waals surface area contributed by atoms with Crippen molar-refractivity contribution in [2.75, 3.05) is 0 Å². The van der Waals surface area contributed by atoms with Gasteiger partial charge < -0.3 is 10.4 Å². The van der Waals surface area contributed by atoms with Crippen LogP contribution in [0.2, 0.25) is 0 Å². The maximum absolute atomic E-state index is 11.6. The summed E-state index contributed by atoms with van der Waals surface area (Å²) in [6.45, 7) is 0.415. The number of nitrogens with one attached hydrogen (secondary N) is 1. The number of hydrogen-bond acceptors (Lipinski definition) is 4. The van der Waals surface area contributed by atoms with E-state index in [2.05, 4.69) is 5.32 Å². The van der Waals surface area contributed by atoms with Crippen LogP contribution >= 0.6 is 0 Å². The minimum Gasteiger partial charge on any atom is -0.464 e. The second-order valence-electron chi connectivity index (χ2n) is 3.97. The number of carbonyl (C=O) groups is 3. The number of carbonyl (C=O) groups excluding carboxylic acids is 2. The molecule has 94 valence electrons. The fourth-order valence-electron chi connectivity index (χ4n) is 1.83. The summed E-state index contributed by atoms with van der Waals surface area (Å²) in [5, 5.41) is 11.6. The minimum atomic E-state index is -1.52. The summed E-state index contributed by atoms with van der Waals surface area (Å²) < 4.78 is 0. The molecule has 0 aromatic heterocycles. The molecule has 2 rings (SSSR count). The number of amides is 3. The predicted octanol–water partition coefficient (Wildman–Crippen LogP) is 0.582. The molecule has 1 saturated heterocycles. The highest BCUT2D eigenvalue weighted by atomic mass is 16.4. The molecule has 3 amide bonds. The first kappa shape index (κ1) is 12.3. The highest BCUT2D eigenvalue weighted by Crippen LogP contribution is 2.13. The van der Waals surface area contributed by atoms with Crippen LogP contribution in [0.4, 0.5) is 4.79 Å². The number of carboxylic acid groups (broad SMARTS) is 1. The van der Waals surface area contributed by atoms with Gasteiger partial charge in [-0.1, -0.05) is 30.3 Å². The summed E-state index contributed by atoms with van der Waals surface area (Å²) in [7, 11) is 0. The third-order valence-corrected chi connectivity index (χ3v) is 2.73. The molecular formula is C12H12N2O4. The van der Waals surface area contributed by atoms with Crippen LogP contribution in [0.25, 0.3) is 0 Å². The van der Waals surface area contributed by atoms with Crippen LogP contribution < -0.4 is 5.32 Å². The minimum absolute atomic E-state index is 0.113. The van der Waals surface area contributed by atoms with Gasteiger partial charge in [0.1, 0.15) is 0 Å². The van der Waals surface area contributed by atoms with E-state index in [0.717, 1.165) is 5.56 Å². The largest absolute Gasteiger partial charge is 0.464 e. The summed E-state index contributed by atoms with van der Waals surface area (Å²) >= 11 is 0. The lowest BCUT2D eigenvalue weighted by Crippen LogP contribution is -2.40. The number of imide groups is 3. The van der Waals surface area contributed by atoms with E-state index in [1.54, 1.807) is 0 Å². The van der Waals surface area contributed by atoms with E-state index >= 15 is 0 Å². The molecule has 0 radical (unpaired) electrons. The van der Waals surface area contributed by atoms with Gasteiger partial charge >= 0.3 is 6.09 Å². The Morgan fingerprint density at radius 3 is 2.56 bits per heavy atom. The molecule has 1 fully saturated rings. The summed E-state index contributed by atoms with van der Waals surface area (Å²) in [6.07, 6.45) is -1.63. The van der Waals surface area contributed by atoms with E-state index in [9.17, 15) is 14.4 Å². The topological polar surface area (TPSA) is 86.7 Å². The zero-order chi connectivity index (χ0) is 13.1. The Bertz CT molecular complexity index is 486. The molecule has 0 unspecified atom stereocenters. The molecule has 0 saturated carbocycles. The Hall–Kier alpha value is -2.21. The van der Waals surface area contributed by atoms with Crippen LogP contribution in [0, 0.1) is 0 Å². The number of benzene rings is 1. The Labute approximate surface area is 103 Å². The van der Waals surface area contributed by atoms with Crippen molar-refractivity contribution < 1.29 is 19.5 Å². The monoisotopic (exact) mass is 248 g/mol. The Morgan fingerprint density at radius 2 is 2.00 bits per heavy atom. The summed E-state index contributed by atoms with van der Waals surface area (Å²) in [4.78, 5) is 33.9. The van der Waals surface area contributed by atoms with E-state index in [-0.39, 0.29) is 11.3 Å². The summed E-state index contributed by atoms with van der Waals surface area (Å²) in [5.41, 5.74) is 0.964. The van der Waals surface area contributed by atoms with Crippen molar-refractivity contribution in [1.29, 1.82) is 0 Å². The van der Waals surface area contributed by atoms with Gasteiger partial charge in [-0.05, 0) is 5.56 Å². The van der Waals surface area contributed by atoms with Crippen LogP contribution in [0.5, 0.6) is 0 Å². The standard InChI is InChI=1S/C12H12N2O4/c15-10-6-9(11(16)14(10)12(17)18)13-7-8-4-2-1-3-5-8/h1-5,9,13H,6-7H2,(H,17,18)/t9-/m0/s1. The van der Waals surface area contributed by atoms with Crippen molar-refractivity contribution in [2.24, 2.45) is 0 Å². The van der Waals surface area contributed by atoms with Gasteiger partial charge in [0.2, 0.25) is 5.91 Å². The molecule has 2 N–H and O–H groups in total. The van der Waals surface area contributed by atoms with Crippen LogP contribution in [0.15, 0.2) is 30.3 Å². The number of rotatable bonds is 3. The normalized spacial score (nSPS) is 19.3. The van der Waals surface area contributed by atoms with Crippen molar-refractivity contribution >= 4 is 17.9 Å². The lowest BCUT2D eigenvalue weighted by molar-refractivity contribution is -0.136. The molecular weight excluding hydrogens is 236 g/mol. The van der Waals surface area contributed by atoms with Gasteiger partial charge in [0.05, 0.1) is 12.5 Å². The molecule has 1 heterocycles. The van der Waals surface area contributed by atoms with Crippen molar-refractivity contribution in [3.63, 3.8) is 0 Å². The van der Waals surface area contributed by atoms with Gasteiger partial charge in [0.25, 0.3) is 5.91 Å². The van der Waals surface area contributed by atoms with Gasteiger partial charge in [-0.3, -0.25) is 9.59 Å². The summed E-state index contributed by atoms with van der Waals surface area (Å²) in [5.74, 6) is -1.39. The molecule has 6 heteroatoms. The van der Waals surface area contributed by atoms with Crippen LogP contribution in [0.1, 0.15) is 12.0 Å². The first-order chi connectivity index (χ1) is 8.59. The second kappa shape index (κ2) is 4.97. The average Bonchev–Trinajstić information content (AvgIpc) is 2.63. The molecule has 1 aromatic carbocycles. The maximum Gasteiger partial charge on any atom is 0.421 e. The van der Waals surface area contributed by atoms with E-state index in [4.69, 9.17) is 5.11 Å². The van der Waals surface area contributed by atoms with E-state index < -0.39 is 23.9 Å². The first-order valence-corrected chi connectivity index (χ1v) is 5.46. The van der Waals surface area contributed by atoms with Gasteiger partial charge in [0, 0.05) is 6.54 Å². The van der Waals surface area contributed by atoms with E-state index in [1.807, 2.05) is 30.3 Å². The Kier molecular flexibility index (Phi) is 3.38. The lowest BCUT2D eigenvalue weighted by atomic mass is 10.2. The second-order valence-corrected chi connectivity index (χ2v) is 3.97. The molecule has 6 nitrogen and oxygen atoms in total. The summed E-state index contributed by atoms with van der Waals surface area (Å²) in [6, 6.07) is 8.60. The average molecular weight is 248 g/mol. The molecule has 1 aliphatic heterocycles. The molecule has 0 bridgehead atoms. The zero-order valence-corrected chi connectivity index (χ0v) is 9.50. The van der Waals surface area contributed by atoms with Crippen molar-refractivity contribution in [3.05, 3.63) is 35.9 Å². The van der Waals surface area contributed by atoms with Crippen molar-refractivity contribution in [1.82, 2.24) is 10.2 Å². The number of hydrogen-bond donors (Lipinski definition) is 2. The fourth-order valence-corrected chi connectivity index (χ4v) is 1.83. The first-order valence-electron chi connectivity index (χ1n) is 5.46. The quantitative estimate of drug-likeness (QED) is 0.764. The van der Waals surface area contributed by atoms with Gasteiger partial charge in [0.15, 0.2) is 0 Å². The molecule has 0 spiro atoms. The fraction of sp³-hybridized carbons (Fsp3) is 0.250. The third kappa shape index (κ3) is 2.38. The van der Waals surface area contributed by atoms with Gasteiger partial charge in [-0.2, -0.15) is 4.90 Å². The number of nitrogens with zero attached hydrogens (tertiary/aromatic N) is 1. The van der Waals surface area contributed by atoms with Crippen molar-refractivity contribution in [3.8, 4) is 0 Å². The zero-order valence-electron chi connectivity index (χ0n) is 9.50. The molecule has 18 heavy (non-hydrogen) atoms. The molecule has 0 aliphatic carbocycles. The highest BCUT2D eigenvalue weighted by Gasteiger charge is 2.42. The van der Waals surface area contributed by atoms with Crippen molar-refractivity contribution in [2.45, 2.75) is 19.0 Å². The van der Waals surface area contributed by atoms with Gasteiger partial charge in [-0.15, -0.1) is 0 Å². The Balaban J connectivity index is 1.98. The predicted molar refractivity (Wildman–Crippen MR) is 61.6 cm³/mol. The van der Waals surface area contributed by atoms with Crippen LogP contribution in [-0.4, -0.2) is 34.0 Å². The molecule has 1 aromatic rings. The smallest absolute Gasteiger partial charge is 0.421 e. The lowest BCUT2D eigenvalue weighted by Gasteiger charge is -2.10. The Morgan fingerprint density at radius 1 is 1.33 bits per heavy atom. The number of likely N-dealkylation sites (tertiary alicyclic amines) is 1. The SMILES string of the molecule is O=C(O)N1C(=O)C[C@H](NCc2ccccc2)C1=O. The third-order valence-electron chi connectivity index (χ3n) is 2.73. The van der Waals surface area contributed by atoms with Crippen LogP contribution in [0.3, 0.4) is 0 Å². The van der Waals surface area contributed by atoms with E-state index in [1.165, 1.54) is 0 Å². The van der Waals surface area contributed by atoms with E-state index in [0.29, 0.717) is 6.54 Å². The van der Waals surface area contributed by atoms with Crippen LogP contribution in [-0.2, 0) is 16.1 Å². The molecule has 1 aliphatic rings. The molecule has 1 atom stereocenters.